The lowest BCUT2D eigenvalue weighted by atomic mass is 9.89. The zero-order chi connectivity index (χ0) is 14.7. The monoisotopic (exact) mass is 284 g/mol. The van der Waals surface area contributed by atoms with Gasteiger partial charge in [0, 0.05) is 0 Å². The van der Waals surface area contributed by atoms with E-state index in [1.165, 1.54) is 5.56 Å². The molecule has 3 rings (SSSR count). The van der Waals surface area contributed by atoms with Gasteiger partial charge in [-0.1, -0.05) is 30.3 Å². The second-order valence-electron chi connectivity index (χ2n) is 5.53. The van der Waals surface area contributed by atoms with Crippen LogP contribution in [0.15, 0.2) is 42.5 Å². The maximum Gasteiger partial charge on any atom is 0.120 e. The van der Waals surface area contributed by atoms with Gasteiger partial charge in [-0.05, 0) is 53.6 Å². The van der Waals surface area contributed by atoms with Crippen molar-refractivity contribution >= 4 is 0 Å². The van der Waals surface area contributed by atoms with E-state index in [1.54, 1.807) is 0 Å². The van der Waals surface area contributed by atoms with Crippen molar-refractivity contribution in [2.45, 2.75) is 38.6 Å². The lowest BCUT2D eigenvalue weighted by molar-refractivity contribution is 0.156. The van der Waals surface area contributed by atoms with Crippen LogP contribution in [0.25, 0.3) is 0 Å². The molecule has 0 fully saturated rings. The number of benzene rings is 2. The molecule has 3 heteroatoms. The number of ether oxygens (including phenoxy) is 1. The van der Waals surface area contributed by atoms with Crippen LogP contribution in [-0.4, -0.2) is 10.2 Å². The Hall–Kier alpha value is -1.84. The molecule has 0 spiro atoms. The minimum Gasteiger partial charge on any atom is -0.489 e. The summed E-state index contributed by atoms with van der Waals surface area (Å²) in [6.45, 7) is 0.546. The molecule has 0 heterocycles. The molecule has 21 heavy (non-hydrogen) atoms. The molecule has 1 atom stereocenters. The number of hydrogen-bond acceptors (Lipinski definition) is 3. The predicted octanol–water partition coefficient (Wildman–Crippen LogP) is 3.13. The van der Waals surface area contributed by atoms with E-state index in [0.29, 0.717) is 6.61 Å². The second-order valence-corrected chi connectivity index (χ2v) is 5.53. The highest BCUT2D eigenvalue weighted by molar-refractivity contribution is 5.38. The number of aliphatic hydroxyl groups excluding tert-OH is 2. The summed E-state index contributed by atoms with van der Waals surface area (Å²) in [5.41, 5.74) is 4.20. The highest BCUT2D eigenvalue weighted by Gasteiger charge is 2.18. The third-order valence-electron chi connectivity index (χ3n) is 4.01. The summed E-state index contributed by atoms with van der Waals surface area (Å²) in [4.78, 5) is 0. The molecule has 1 aliphatic carbocycles. The molecule has 0 radical (unpaired) electrons. The van der Waals surface area contributed by atoms with E-state index in [4.69, 9.17) is 9.84 Å². The van der Waals surface area contributed by atoms with Gasteiger partial charge < -0.3 is 14.9 Å². The SMILES string of the molecule is OCc1ccc(COc2ccc3c(c2)[C@H](O)CCC3)cc1. The summed E-state index contributed by atoms with van der Waals surface area (Å²) in [6.07, 6.45) is 2.56. The first-order valence-corrected chi connectivity index (χ1v) is 7.38. The largest absolute Gasteiger partial charge is 0.489 e. The van der Waals surface area contributed by atoms with Crippen molar-refractivity contribution in [1.82, 2.24) is 0 Å². The second kappa shape index (κ2) is 6.29. The number of fused-ring (bicyclic) bond motifs is 1. The fraction of sp³-hybridized carbons (Fsp3) is 0.333. The van der Waals surface area contributed by atoms with Crippen molar-refractivity contribution in [1.29, 1.82) is 0 Å². The quantitative estimate of drug-likeness (QED) is 0.907. The maximum absolute atomic E-state index is 10.0. The van der Waals surface area contributed by atoms with E-state index >= 15 is 0 Å². The fourth-order valence-electron chi connectivity index (χ4n) is 2.75. The van der Waals surface area contributed by atoms with Crippen LogP contribution in [0.1, 0.15) is 41.2 Å². The van der Waals surface area contributed by atoms with Gasteiger partial charge in [-0.25, -0.2) is 0 Å². The molecular formula is C18H20O3. The molecule has 0 aromatic heterocycles. The van der Waals surface area contributed by atoms with Crippen LogP contribution in [0.2, 0.25) is 0 Å². The van der Waals surface area contributed by atoms with Crippen molar-refractivity contribution in [3.8, 4) is 5.75 Å². The van der Waals surface area contributed by atoms with Crippen LogP contribution in [-0.2, 0) is 19.6 Å². The van der Waals surface area contributed by atoms with Gasteiger partial charge in [-0.3, -0.25) is 0 Å². The summed E-state index contributed by atoms with van der Waals surface area (Å²) < 4.78 is 5.81. The molecule has 3 nitrogen and oxygen atoms in total. The van der Waals surface area contributed by atoms with Gasteiger partial charge in [0.25, 0.3) is 0 Å². The van der Waals surface area contributed by atoms with Gasteiger partial charge in [0.1, 0.15) is 12.4 Å². The van der Waals surface area contributed by atoms with Gasteiger partial charge in [0.05, 0.1) is 12.7 Å². The van der Waals surface area contributed by atoms with Crippen molar-refractivity contribution < 1.29 is 14.9 Å². The third kappa shape index (κ3) is 3.26. The van der Waals surface area contributed by atoms with Crippen molar-refractivity contribution in [2.75, 3.05) is 0 Å². The molecule has 0 saturated carbocycles. The van der Waals surface area contributed by atoms with Crippen LogP contribution >= 0.6 is 0 Å². The summed E-state index contributed by atoms with van der Waals surface area (Å²) in [5.74, 6) is 0.793. The summed E-state index contributed by atoms with van der Waals surface area (Å²) in [6, 6.07) is 13.7. The maximum atomic E-state index is 10.0. The highest BCUT2D eigenvalue weighted by Crippen LogP contribution is 2.32. The molecule has 2 aromatic carbocycles. The zero-order valence-electron chi connectivity index (χ0n) is 12.0. The lowest BCUT2D eigenvalue weighted by Gasteiger charge is -2.22. The van der Waals surface area contributed by atoms with Crippen molar-refractivity contribution in [3.05, 3.63) is 64.7 Å². The van der Waals surface area contributed by atoms with E-state index in [9.17, 15) is 5.11 Å². The fourth-order valence-corrected chi connectivity index (χ4v) is 2.75. The summed E-state index contributed by atoms with van der Waals surface area (Å²) >= 11 is 0. The first-order chi connectivity index (χ1) is 10.3. The van der Waals surface area contributed by atoms with E-state index in [1.807, 2.05) is 36.4 Å². The summed E-state index contributed by atoms with van der Waals surface area (Å²) in [5, 5.41) is 19.1. The minimum atomic E-state index is -0.360. The molecule has 0 bridgehead atoms. The molecule has 110 valence electrons. The Morgan fingerprint density at radius 2 is 1.81 bits per heavy atom. The van der Waals surface area contributed by atoms with Gasteiger partial charge >= 0.3 is 0 Å². The van der Waals surface area contributed by atoms with Gasteiger partial charge in [-0.15, -0.1) is 0 Å². The average molecular weight is 284 g/mol. The van der Waals surface area contributed by atoms with Crippen LogP contribution in [0.3, 0.4) is 0 Å². The zero-order valence-corrected chi connectivity index (χ0v) is 12.0. The minimum absolute atomic E-state index is 0.0594. The Bertz CT molecular complexity index is 604. The molecule has 0 saturated heterocycles. The van der Waals surface area contributed by atoms with Crippen molar-refractivity contribution in [3.63, 3.8) is 0 Å². The number of rotatable bonds is 4. The molecule has 1 aliphatic rings. The Kier molecular flexibility index (Phi) is 4.23. The smallest absolute Gasteiger partial charge is 0.120 e. The number of aryl methyl sites for hydroxylation is 1. The predicted molar refractivity (Wildman–Crippen MR) is 81.0 cm³/mol. The van der Waals surface area contributed by atoms with Gasteiger partial charge in [-0.2, -0.15) is 0 Å². The first kappa shape index (κ1) is 14.1. The Labute approximate surface area is 124 Å². The van der Waals surface area contributed by atoms with Crippen LogP contribution in [0, 0.1) is 0 Å². The normalized spacial score (nSPS) is 17.3. The molecule has 0 unspecified atom stereocenters. The van der Waals surface area contributed by atoms with E-state index in [0.717, 1.165) is 41.7 Å². The van der Waals surface area contributed by atoms with Crippen LogP contribution in [0.5, 0.6) is 5.75 Å². The summed E-state index contributed by atoms with van der Waals surface area (Å²) in [7, 11) is 0. The third-order valence-corrected chi connectivity index (χ3v) is 4.01. The Morgan fingerprint density at radius 1 is 1.05 bits per heavy atom. The van der Waals surface area contributed by atoms with Gasteiger partial charge in [0.15, 0.2) is 0 Å². The van der Waals surface area contributed by atoms with Crippen LogP contribution < -0.4 is 4.74 Å². The van der Waals surface area contributed by atoms with Crippen LogP contribution in [0.4, 0.5) is 0 Å². The standard InChI is InChI=1S/C18H20O3/c19-11-13-4-6-14(7-5-13)12-21-16-9-8-15-2-1-3-18(20)17(15)10-16/h4-10,18-20H,1-3,11-12H2/t18-/m1/s1. The molecule has 0 amide bonds. The number of hydrogen-bond donors (Lipinski definition) is 2. The molecule has 2 aromatic rings. The Balaban J connectivity index is 1.68. The van der Waals surface area contributed by atoms with Crippen molar-refractivity contribution in [2.24, 2.45) is 0 Å². The van der Waals surface area contributed by atoms with E-state index in [2.05, 4.69) is 6.07 Å². The highest BCUT2D eigenvalue weighted by atomic mass is 16.5. The Morgan fingerprint density at radius 3 is 2.57 bits per heavy atom. The van der Waals surface area contributed by atoms with E-state index < -0.39 is 0 Å². The first-order valence-electron chi connectivity index (χ1n) is 7.38. The number of aliphatic hydroxyl groups is 2. The lowest BCUT2D eigenvalue weighted by Crippen LogP contribution is -2.09. The average Bonchev–Trinajstić information content (AvgIpc) is 2.54. The molecule has 2 N–H and O–H groups in total. The molecular weight excluding hydrogens is 264 g/mol. The van der Waals surface area contributed by atoms with E-state index in [-0.39, 0.29) is 12.7 Å². The molecule has 0 aliphatic heterocycles. The van der Waals surface area contributed by atoms with Gasteiger partial charge in [0.2, 0.25) is 0 Å². The topological polar surface area (TPSA) is 49.7 Å².